The second-order valence-electron chi connectivity index (χ2n) is 4.44. The molecule has 0 aliphatic carbocycles. The average molecular weight is 319 g/mol. The van der Waals surface area contributed by atoms with Gasteiger partial charge in [-0.25, -0.2) is 13.4 Å². The zero-order valence-corrected chi connectivity index (χ0v) is 14.6. The van der Waals surface area contributed by atoms with E-state index in [1.165, 1.54) is 5.01 Å². The number of benzene rings is 1. The number of carbonyl (C=O) groups is 1. The number of amides is 1. The van der Waals surface area contributed by atoms with Crippen molar-refractivity contribution in [3.05, 3.63) is 30.3 Å². The van der Waals surface area contributed by atoms with Gasteiger partial charge < -0.3 is 9.87 Å². The fourth-order valence-electron chi connectivity index (χ4n) is 1.92. The largest absolute Gasteiger partial charge is 1.00 e. The normalized spacial score (nSPS) is 18.4. The predicted molar refractivity (Wildman–Crippen MR) is 73.1 cm³/mol. The van der Waals surface area contributed by atoms with Crippen molar-refractivity contribution >= 4 is 27.4 Å². The van der Waals surface area contributed by atoms with E-state index >= 15 is 0 Å². The van der Waals surface area contributed by atoms with Crippen LogP contribution in [0.5, 0.6) is 0 Å². The molecule has 1 aliphatic rings. The van der Waals surface area contributed by atoms with E-state index in [0.29, 0.717) is 11.4 Å². The summed E-state index contributed by atoms with van der Waals surface area (Å²) < 4.78 is 31.5. The van der Waals surface area contributed by atoms with Gasteiger partial charge in [-0.15, -0.1) is 0 Å². The second kappa shape index (κ2) is 7.48. The number of hydrazone groups is 1. The maximum atomic E-state index is 12.2. The van der Waals surface area contributed by atoms with Crippen molar-refractivity contribution in [1.82, 2.24) is 5.32 Å². The van der Waals surface area contributed by atoms with Crippen molar-refractivity contribution < 1.29 is 47.3 Å². The average Bonchev–Trinajstić information content (AvgIpc) is 2.66. The minimum Gasteiger partial charge on any atom is -0.747 e. The van der Waals surface area contributed by atoms with Gasteiger partial charge in [-0.3, -0.25) is 4.79 Å². The molecule has 1 aromatic carbocycles. The molecule has 21 heavy (non-hydrogen) atoms. The molecule has 0 fully saturated rings. The number of rotatable bonds is 5. The van der Waals surface area contributed by atoms with Crippen LogP contribution in [0.25, 0.3) is 0 Å². The topological polar surface area (TPSA) is 102 Å². The predicted octanol–water partition coefficient (Wildman–Crippen LogP) is -2.88. The number of hydrogen-bond acceptors (Lipinski definition) is 6. The molecule has 0 saturated heterocycles. The molecule has 0 spiro atoms. The molecular formula is C12H14N3NaO4S. The number of nitrogens with one attached hydrogen (secondary N) is 1. The molecule has 2 rings (SSSR count). The number of carbonyl (C=O) groups excluding carboxylic acids is 1. The van der Waals surface area contributed by atoms with Gasteiger partial charge >= 0.3 is 29.6 Å². The minimum absolute atomic E-state index is 0. The molecule has 0 aromatic heterocycles. The molecule has 1 aliphatic heterocycles. The summed E-state index contributed by atoms with van der Waals surface area (Å²) in [6.07, 6.45) is 0. The first-order chi connectivity index (χ1) is 9.38. The Bertz CT molecular complexity index is 633. The number of anilines is 1. The van der Waals surface area contributed by atoms with Crippen LogP contribution in [0.15, 0.2) is 35.4 Å². The fourth-order valence-corrected chi connectivity index (χ4v) is 2.29. The van der Waals surface area contributed by atoms with Crippen LogP contribution in [0, 0.1) is 5.92 Å². The number of para-hydroxylation sites is 1. The van der Waals surface area contributed by atoms with Gasteiger partial charge in [0.05, 0.1) is 17.5 Å². The Morgan fingerprint density at radius 2 is 1.95 bits per heavy atom. The minimum atomic E-state index is -4.34. The Kier molecular flexibility index (Phi) is 6.51. The van der Waals surface area contributed by atoms with Gasteiger partial charge in [0.15, 0.2) is 0 Å². The second-order valence-corrected chi connectivity index (χ2v) is 5.84. The Morgan fingerprint density at radius 1 is 1.33 bits per heavy atom. The van der Waals surface area contributed by atoms with Crippen molar-refractivity contribution in [2.24, 2.45) is 11.0 Å². The van der Waals surface area contributed by atoms with Crippen LogP contribution in [0.4, 0.5) is 5.69 Å². The number of hydrogen-bond donors (Lipinski definition) is 1. The standard InChI is InChI=1S/C12H15N3O4S.Na/c1-9-11(7-13-8-20(17,18)19)12(16)15(14-9)10-5-3-2-4-6-10;/h2-6,11,13H,7-8H2,1H3,(H,17,18,19);/q;+1/p-1. The molecule has 1 atom stereocenters. The Hall–Kier alpha value is -0.770. The van der Waals surface area contributed by atoms with Gasteiger partial charge in [-0.05, 0) is 19.1 Å². The number of nitrogens with zero attached hydrogens (tertiary/aromatic N) is 2. The molecule has 0 radical (unpaired) electrons. The fraction of sp³-hybridized carbons (Fsp3) is 0.333. The van der Waals surface area contributed by atoms with E-state index in [1.54, 1.807) is 31.2 Å². The monoisotopic (exact) mass is 319 g/mol. The van der Waals surface area contributed by atoms with E-state index in [-0.39, 0.29) is 42.0 Å². The Morgan fingerprint density at radius 3 is 2.52 bits per heavy atom. The van der Waals surface area contributed by atoms with Crippen molar-refractivity contribution in [3.8, 4) is 0 Å². The Balaban J connectivity index is 0.00000220. The van der Waals surface area contributed by atoms with Crippen LogP contribution in [-0.2, 0) is 14.9 Å². The molecule has 1 aromatic rings. The molecule has 108 valence electrons. The van der Waals surface area contributed by atoms with Gasteiger partial charge in [0.1, 0.15) is 10.1 Å². The first-order valence-electron chi connectivity index (χ1n) is 5.97. The van der Waals surface area contributed by atoms with E-state index in [9.17, 15) is 17.8 Å². The van der Waals surface area contributed by atoms with Gasteiger partial charge in [0, 0.05) is 12.3 Å². The molecule has 0 bridgehead atoms. The maximum Gasteiger partial charge on any atom is 1.00 e. The van der Waals surface area contributed by atoms with Gasteiger partial charge in [-0.1, -0.05) is 18.2 Å². The first-order valence-corrected chi connectivity index (χ1v) is 7.54. The SMILES string of the molecule is CC1=NN(c2ccccc2)C(=O)C1CNCS(=O)(=O)[O-].[Na+]. The summed E-state index contributed by atoms with van der Waals surface area (Å²) in [7, 11) is -4.34. The first kappa shape index (κ1) is 18.3. The molecule has 1 amide bonds. The molecule has 1 N–H and O–H groups in total. The van der Waals surface area contributed by atoms with Gasteiger partial charge in [-0.2, -0.15) is 5.10 Å². The summed E-state index contributed by atoms with van der Waals surface area (Å²) in [5.74, 6) is -1.50. The van der Waals surface area contributed by atoms with Crippen molar-refractivity contribution in [2.45, 2.75) is 6.92 Å². The third-order valence-corrected chi connectivity index (χ3v) is 3.45. The van der Waals surface area contributed by atoms with E-state index < -0.39 is 21.9 Å². The van der Waals surface area contributed by atoms with Crippen molar-refractivity contribution in [1.29, 1.82) is 0 Å². The summed E-state index contributed by atoms with van der Waals surface area (Å²) in [5, 5.41) is 7.93. The van der Waals surface area contributed by atoms with Crippen LogP contribution in [0.2, 0.25) is 0 Å². The Labute approximate surface area is 145 Å². The molecule has 0 saturated carbocycles. The third kappa shape index (κ3) is 4.87. The maximum absolute atomic E-state index is 12.2. The van der Waals surface area contributed by atoms with Crippen molar-refractivity contribution in [3.63, 3.8) is 0 Å². The van der Waals surface area contributed by atoms with E-state index in [1.807, 2.05) is 6.07 Å². The zero-order valence-electron chi connectivity index (χ0n) is 11.8. The molecule has 7 nitrogen and oxygen atoms in total. The van der Waals surface area contributed by atoms with Crippen LogP contribution < -0.4 is 39.9 Å². The summed E-state index contributed by atoms with van der Waals surface area (Å²) in [6, 6.07) is 8.93. The van der Waals surface area contributed by atoms with Crippen molar-refractivity contribution in [2.75, 3.05) is 17.4 Å². The summed E-state index contributed by atoms with van der Waals surface area (Å²) in [6.45, 7) is 1.76. The van der Waals surface area contributed by atoms with Gasteiger partial charge in [0.2, 0.25) is 0 Å². The van der Waals surface area contributed by atoms with Crippen LogP contribution >= 0.6 is 0 Å². The third-order valence-electron chi connectivity index (χ3n) is 2.90. The molecule has 1 unspecified atom stereocenters. The van der Waals surface area contributed by atoms with E-state index in [0.717, 1.165) is 0 Å². The quantitative estimate of drug-likeness (QED) is 0.464. The summed E-state index contributed by atoms with van der Waals surface area (Å²) >= 11 is 0. The van der Waals surface area contributed by atoms with Crippen LogP contribution in [0.3, 0.4) is 0 Å². The molecule has 9 heteroatoms. The molecular weight excluding hydrogens is 305 g/mol. The smallest absolute Gasteiger partial charge is 0.747 e. The van der Waals surface area contributed by atoms with E-state index in [4.69, 9.17) is 0 Å². The van der Waals surface area contributed by atoms with E-state index in [2.05, 4.69) is 10.4 Å². The van der Waals surface area contributed by atoms with Crippen LogP contribution in [0.1, 0.15) is 6.92 Å². The summed E-state index contributed by atoms with van der Waals surface area (Å²) in [4.78, 5) is 12.2. The molecule has 1 heterocycles. The van der Waals surface area contributed by atoms with Gasteiger partial charge in [0.25, 0.3) is 5.91 Å². The zero-order chi connectivity index (χ0) is 14.8. The summed E-state index contributed by atoms with van der Waals surface area (Å²) in [5.41, 5.74) is 1.23. The van der Waals surface area contributed by atoms with Crippen LogP contribution in [-0.4, -0.2) is 37.0 Å².